The Hall–Kier alpha value is -1.22. The van der Waals surface area contributed by atoms with Crippen LogP contribution in [0.4, 0.5) is 5.13 Å². The van der Waals surface area contributed by atoms with Crippen LogP contribution in [-0.4, -0.2) is 54.1 Å². The van der Waals surface area contributed by atoms with E-state index < -0.39 is 5.97 Å². The lowest BCUT2D eigenvalue weighted by Crippen LogP contribution is -2.46. The van der Waals surface area contributed by atoms with Crippen molar-refractivity contribution in [2.75, 3.05) is 38.2 Å². The first-order chi connectivity index (χ1) is 11.6. The smallest absolute Gasteiger partial charge is 0.351 e. The summed E-state index contributed by atoms with van der Waals surface area (Å²) in [6.07, 6.45) is 0.992. The lowest BCUT2D eigenvalue weighted by molar-refractivity contribution is 0.0606. The summed E-state index contributed by atoms with van der Waals surface area (Å²) in [5.41, 5.74) is 1.15. The van der Waals surface area contributed by atoms with Gasteiger partial charge in [0.2, 0.25) is 0 Å². The molecule has 0 spiro atoms. The molecule has 0 saturated carbocycles. The van der Waals surface area contributed by atoms with Crippen molar-refractivity contribution in [1.29, 1.82) is 0 Å². The van der Waals surface area contributed by atoms with Gasteiger partial charge in [-0.15, -0.1) is 11.3 Å². The number of esters is 1. The van der Waals surface area contributed by atoms with Crippen molar-refractivity contribution in [2.24, 2.45) is 0 Å². The van der Waals surface area contributed by atoms with Crippen LogP contribution in [0.2, 0.25) is 5.15 Å². The second-order valence-corrected chi connectivity index (χ2v) is 7.74. The standard InChI is InChI=1S/C15H19ClN4O2S2/c1-3-11-17-10(9-23-11)8-19-4-6-20(7-5-19)15-18-13(16)12(24-15)14(21)22-2/h9H,3-8H2,1-2H3. The first kappa shape index (κ1) is 17.6. The number of carbonyl (C=O) groups excluding carboxylic acids is 1. The molecule has 0 amide bonds. The molecule has 0 bridgehead atoms. The molecule has 3 rings (SSSR count). The molecule has 2 aromatic heterocycles. The highest BCUT2D eigenvalue weighted by Crippen LogP contribution is 2.30. The molecular weight excluding hydrogens is 368 g/mol. The van der Waals surface area contributed by atoms with Crippen LogP contribution in [-0.2, 0) is 17.7 Å². The van der Waals surface area contributed by atoms with Crippen molar-refractivity contribution >= 4 is 45.4 Å². The van der Waals surface area contributed by atoms with Gasteiger partial charge in [-0.3, -0.25) is 4.90 Å². The van der Waals surface area contributed by atoms with Crippen molar-refractivity contribution in [3.05, 3.63) is 26.1 Å². The number of hydrogen-bond donors (Lipinski definition) is 0. The molecular formula is C15H19ClN4O2S2. The molecule has 130 valence electrons. The number of carbonyl (C=O) groups is 1. The second-order valence-electron chi connectivity index (χ2n) is 5.46. The molecule has 6 nitrogen and oxygen atoms in total. The molecule has 3 heterocycles. The fourth-order valence-electron chi connectivity index (χ4n) is 2.56. The molecule has 0 unspecified atom stereocenters. The first-order valence-corrected chi connectivity index (χ1v) is 9.83. The van der Waals surface area contributed by atoms with E-state index in [9.17, 15) is 4.79 Å². The quantitative estimate of drug-likeness (QED) is 0.736. The molecule has 0 atom stereocenters. The fraction of sp³-hybridized carbons (Fsp3) is 0.533. The number of hydrogen-bond acceptors (Lipinski definition) is 8. The number of piperazine rings is 1. The van der Waals surface area contributed by atoms with Crippen LogP contribution in [0.25, 0.3) is 0 Å². The molecule has 0 radical (unpaired) electrons. The van der Waals surface area contributed by atoms with Crippen molar-refractivity contribution < 1.29 is 9.53 Å². The molecule has 0 aromatic carbocycles. The van der Waals surface area contributed by atoms with Crippen molar-refractivity contribution in [3.63, 3.8) is 0 Å². The molecule has 0 N–H and O–H groups in total. The van der Waals surface area contributed by atoms with E-state index in [0.29, 0.717) is 4.88 Å². The predicted octanol–water partition coefficient (Wildman–Crippen LogP) is 2.92. The van der Waals surface area contributed by atoms with E-state index in [4.69, 9.17) is 16.3 Å². The molecule has 1 fully saturated rings. The van der Waals surface area contributed by atoms with E-state index in [2.05, 4.69) is 32.1 Å². The summed E-state index contributed by atoms with van der Waals surface area (Å²) in [6, 6.07) is 0. The molecule has 2 aromatic rings. The highest BCUT2D eigenvalue weighted by Gasteiger charge is 2.24. The molecule has 1 aliphatic heterocycles. The Balaban J connectivity index is 1.57. The summed E-state index contributed by atoms with van der Waals surface area (Å²) in [5, 5.41) is 4.34. The number of nitrogens with zero attached hydrogens (tertiary/aromatic N) is 4. The van der Waals surface area contributed by atoms with E-state index in [1.165, 1.54) is 23.5 Å². The number of rotatable bonds is 5. The van der Waals surface area contributed by atoms with Gasteiger partial charge < -0.3 is 9.64 Å². The minimum Gasteiger partial charge on any atom is -0.465 e. The van der Waals surface area contributed by atoms with E-state index in [1.54, 1.807) is 11.3 Å². The number of anilines is 1. The molecule has 1 aliphatic rings. The Morgan fingerprint density at radius 1 is 1.33 bits per heavy atom. The number of ether oxygens (including phenoxy) is 1. The Kier molecular flexibility index (Phi) is 5.70. The van der Waals surface area contributed by atoms with Gasteiger partial charge in [-0.1, -0.05) is 29.9 Å². The van der Waals surface area contributed by atoms with Gasteiger partial charge in [-0.25, -0.2) is 14.8 Å². The lowest BCUT2D eigenvalue weighted by atomic mass is 10.3. The lowest BCUT2D eigenvalue weighted by Gasteiger charge is -2.34. The van der Waals surface area contributed by atoms with Crippen LogP contribution in [0.15, 0.2) is 5.38 Å². The largest absolute Gasteiger partial charge is 0.465 e. The summed E-state index contributed by atoms with van der Waals surface area (Å²) < 4.78 is 4.73. The maximum Gasteiger partial charge on any atom is 0.351 e. The highest BCUT2D eigenvalue weighted by molar-refractivity contribution is 7.18. The van der Waals surface area contributed by atoms with Crippen molar-refractivity contribution in [3.8, 4) is 0 Å². The van der Waals surface area contributed by atoms with Gasteiger partial charge in [-0.05, 0) is 6.42 Å². The molecule has 9 heteroatoms. The minimum absolute atomic E-state index is 0.221. The van der Waals surface area contributed by atoms with Crippen LogP contribution in [0, 0.1) is 0 Å². The number of thiazole rings is 2. The Bertz CT molecular complexity index is 710. The molecule has 1 saturated heterocycles. The van der Waals surface area contributed by atoms with Crippen LogP contribution < -0.4 is 4.90 Å². The zero-order valence-electron chi connectivity index (χ0n) is 13.6. The van der Waals surface area contributed by atoms with Crippen molar-refractivity contribution in [2.45, 2.75) is 19.9 Å². The van der Waals surface area contributed by atoms with E-state index in [-0.39, 0.29) is 5.15 Å². The van der Waals surface area contributed by atoms with Gasteiger partial charge in [0.25, 0.3) is 0 Å². The fourth-order valence-corrected chi connectivity index (χ4v) is 4.54. The summed E-state index contributed by atoms with van der Waals surface area (Å²) in [6.45, 7) is 6.59. The Morgan fingerprint density at radius 3 is 2.71 bits per heavy atom. The second kappa shape index (κ2) is 7.77. The van der Waals surface area contributed by atoms with Gasteiger partial charge in [0.1, 0.15) is 0 Å². The van der Waals surface area contributed by atoms with Crippen LogP contribution in [0.5, 0.6) is 0 Å². The maximum atomic E-state index is 11.6. The number of halogens is 1. The third-order valence-electron chi connectivity index (χ3n) is 3.88. The van der Waals surface area contributed by atoms with Gasteiger partial charge >= 0.3 is 5.97 Å². The van der Waals surface area contributed by atoms with Gasteiger partial charge in [0.05, 0.1) is 17.8 Å². The third-order valence-corrected chi connectivity index (χ3v) is 6.40. The van der Waals surface area contributed by atoms with Crippen LogP contribution in [0.3, 0.4) is 0 Å². The summed E-state index contributed by atoms with van der Waals surface area (Å²) in [5.74, 6) is -0.433. The Morgan fingerprint density at radius 2 is 2.08 bits per heavy atom. The summed E-state index contributed by atoms with van der Waals surface area (Å²) in [7, 11) is 1.35. The summed E-state index contributed by atoms with van der Waals surface area (Å²) >= 11 is 9.06. The number of aromatic nitrogens is 2. The molecule has 0 aliphatic carbocycles. The van der Waals surface area contributed by atoms with Gasteiger partial charge in [0, 0.05) is 38.1 Å². The number of aryl methyl sites for hydroxylation is 1. The number of methoxy groups -OCH3 is 1. The zero-order valence-corrected chi connectivity index (χ0v) is 16.0. The SMILES string of the molecule is CCc1nc(CN2CCN(c3nc(Cl)c(C(=O)OC)s3)CC2)cs1. The normalized spacial score (nSPS) is 15.7. The van der Waals surface area contributed by atoms with Gasteiger partial charge in [0.15, 0.2) is 15.2 Å². The molecule has 24 heavy (non-hydrogen) atoms. The van der Waals surface area contributed by atoms with E-state index >= 15 is 0 Å². The van der Waals surface area contributed by atoms with Crippen LogP contribution in [0.1, 0.15) is 27.3 Å². The highest BCUT2D eigenvalue weighted by atomic mass is 35.5. The maximum absolute atomic E-state index is 11.6. The summed E-state index contributed by atoms with van der Waals surface area (Å²) in [4.78, 5) is 25.5. The zero-order chi connectivity index (χ0) is 17.1. The van der Waals surface area contributed by atoms with E-state index in [1.807, 2.05) is 0 Å². The monoisotopic (exact) mass is 386 g/mol. The first-order valence-electron chi connectivity index (χ1n) is 7.76. The van der Waals surface area contributed by atoms with Crippen LogP contribution >= 0.6 is 34.3 Å². The third kappa shape index (κ3) is 3.88. The predicted molar refractivity (Wildman–Crippen MR) is 97.4 cm³/mol. The van der Waals surface area contributed by atoms with Crippen molar-refractivity contribution in [1.82, 2.24) is 14.9 Å². The van der Waals surface area contributed by atoms with Gasteiger partial charge in [-0.2, -0.15) is 0 Å². The minimum atomic E-state index is -0.433. The Labute approximate surface area is 154 Å². The average Bonchev–Trinajstić information content (AvgIpc) is 3.21. The topological polar surface area (TPSA) is 58.6 Å². The van der Waals surface area contributed by atoms with E-state index in [0.717, 1.165) is 50.0 Å². The average molecular weight is 387 g/mol.